The van der Waals surface area contributed by atoms with Gasteiger partial charge in [0.05, 0.1) is 11.7 Å². The average molecular weight is 322 g/mol. The molecule has 3 rings (SSSR count). The van der Waals surface area contributed by atoms with Crippen LogP contribution in [-0.4, -0.2) is 55.5 Å². The van der Waals surface area contributed by atoms with E-state index in [4.69, 9.17) is 0 Å². The van der Waals surface area contributed by atoms with Crippen LogP contribution in [0, 0.1) is 5.92 Å². The van der Waals surface area contributed by atoms with Gasteiger partial charge in [0.15, 0.2) is 0 Å². The van der Waals surface area contributed by atoms with Crippen molar-refractivity contribution in [2.24, 2.45) is 5.92 Å². The summed E-state index contributed by atoms with van der Waals surface area (Å²) in [7, 11) is -1.51. The maximum Gasteiger partial charge on any atom is 0.226 e. The fourth-order valence-electron chi connectivity index (χ4n) is 3.54. The molecule has 6 heteroatoms. The summed E-state index contributed by atoms with van der Waals surface area (Å²) in [6.07, 6.45) is 1.72. The highest BCUT2D eigenvalue weighted by Crippen LogP contribution is 2.33. The monoisotopic (exact) mass is 322 g/mol. The molecule has 2 atom stereocenters. The molecule has 0 aromatic heterocycles. The molecule has 1 aromatic carbocycles. The zero-order valence-electron chi connectivity index (χ0n) is 12.8. The molecule has 0 unspecified atom stereocenters. The Hall–Kier alpha value is -1.40. The van der Waals surface area contributed by atoms with E-state index in [9.17, 15) is 13.2 Å². The predicted octanol–water partition coefficient (Wildman–Crippen LogP) is 1.11. The SMILES string of the molecule is CN1C[C@@H]2CCN(C(=O)Cc3ccccc3)CC[C@@H]2S1(=O)=O. The Morgan fingerprint density at radius 3 is 2.59 bits per heavy atom. The summed E-state index contributed by atoms with van der Waals surface area (Å²) in [6.45, 7) is 1.80. The third-order valence-electron chi connectivity index (χ3n) is 4.84. The molecule has 0 radical (unpaired) electrons. The third-order valence-corrected chi connectivity index (χ3v) is 7.24. The number of amides is 1. The number of hydrogen-bond acceptors (Lipinski definition) is 3. The molecular formula is C16H22N2O3S. The molecule has 0 aliphatic carbocycles. The summed E-state index contributed by atoms with van der Waals surface area (Å²) >= 11 is 0. The van der Waals surface area contributed by atoms with Gasteiger partial charge in [-0.3, -0.25) is 4.79 Å². The first-order valence-electron chi connectivity index (χ1n) is 7.75. The topological polar surface area (TPSA) is 57.7 Å². The van der Waals surface area contributed by atoms with Crippen molar-refractivity contribution < 1.29 is 13.2 Å². The number of fused-ring (bicyclic) bond motifs is 1. The summed E-state index contributed by atoms with van der Waals surface area (Å²) < 4.78 is 26.0. The lowest BCUT2D eigenvalue weighted by Crippen LogP contribution is -2.35. The van der Waals surface area contributed by atoms with Gasteiger partial charge in [-0.05, 0) is 24.3 Å². The zero-order valence-corrected chi connectivity index (χ0v) is 13.6. The van der Waals surface area contributed by atoms with E-state index in [0.717, 1.165) is 12.0 Å². The second kappa shape index (κ2) is 6.01. The van der Waals surface area contributed by atoms with Gasteiger partial charge in [-0.15, -0.1) is 0 Å². The predicted molar refractivity (Wildman–Crippen MR) is 84.8 cm³/mol. The molecule has 0 bridgehead atoms. The normalized spacial score (nSPS) is 28.1. The zero-order chi connectivity index (χ0) is 15.7. The molecule has 0 spiro atoms. The van der Waals surface area contributed by atoms with Crippen LogP contribution in [0.15, 0.2) is 30.3 Å². The number of hydrogen-bond donors (Lipinski definition) is 0. The molecule has 1 aromatic rings. The lowest BCUT2D eigenvalue weighted by Gasteiger charge is -2.21. The van der Waals surface area contributed by atoms with Crippen molar-refractivity contribution in [2.75, 3.05) is 26.7 Å². The molecular weight excluding hydrogens is 300 g/mol. The number of nitrogens with zero attached hydrogens (tertiary/aromatic N) is 2. The fourth-order valence-corrected chi connectivity index (χ4v) is 5.51. The minimum Gasteiger partial charge on any atom is -0.342 e. The van der Waals surface area contributed by atoms with E-state index >= 15 is 0 Å². The highest BCUT2D eigenvalue weighted by Gasteiger charge is 2.45. The second-order valence-electron chi connectivity index (χ2n) is 6.24. The highest BCUT2D eigenvalue weighted by atomic mass is 32.2. The van der Waals surface area contributed by atoms with Crippen LogP contribution in [-0.2, 0) is 21.2 Å². The van der Waals surface area contributed by atoms with Crippen molar-refractivity contribution in [2.45, 2.75) is 24.5 Å². The van der Waals surface area contributed by atoms with Gasteiger partial charge in [-0.25, -0.2) is 12.7 Å². The number of likely N-dealkylation sites (tertiary alicyclic amines) is 1. The van der Waals surface area contributed by atoms with Gasteiger partial charge < -0.3 is 4.90 Å². The van der Waals surface area contributed by atoms with Crippen molar-refractivity contribution in [3.05, 3.63) is 35.9 Å². The Kier molecular flexibility index (Phi) is 4.23. The van der Waals surface area contributed by atoms with Gasteiger partial charge in [-0.2, -0.15) is 0 Å². The number of carbonyl (C=O) groups excluding carboxylic acids is 1. The van der Waals surface area contributed by atoms with Crippen LogP contribution in [0.2, 0.25) is 0 Å². The number of carbonyl (C=O) groups is 1. The van der Waals surface area contributed by atoms with Gasteiger partial charge >= 0.3 is 0 Å². The Morgan fingerprint density at radius 1 is 1.18 bits per heavy atom. The smallest absolute Gasteiger partial charge is 0.226 e. The number of sulfonamides is 1. The molecule has 0 saturated carbocycles. The van der Waals surface area contributed by atoms with Gasteiger partial charge in [0.2, 0.25) is 15.9 Å². The maximum atomic E-state index is 12.4. The minimum atomic E-state index is -3.16. The summed E-state index contributed by atoms with van der Waals surface area (Å²) in [4.78, 5) is 14.3. The molecule has 2 aliphatic heterocycles. The second-order valence-corrected chi connectivity index (χ2v) is 8.50. The molecule has 2 fully saturated rings. The van der Waals surface area contributed by atoms with E-state index in [1.165, 1.54) is 4.31 Å². The lowest BCUT2D eigenvalue weighted by molar-refractivity contribution is -0.130. The summed E-state index contributed by atoms with van der Waals surface area (Å²) in [5.74, 6) is 0.251. The van der Waals surface area contributed by atoms with E-state index in [2.05, 4.69) is 0 Å². The first-order valence-corrected chi connectivity index (χ1v) is 9.25. The van der Waals surface area contributed by atoms with Gasteiger partial charge in [0.25, 0.3) is 0 Å². The standard InChI is InChI=1S/C16H22N2O3S/c1-17-12-14-7-9-18(10-8-15(14)22(17,20)21)16(19)11-13-5-3-2-4-6-13/h2-6,14-15H,7-12H2,1H3/t14-,15-/m0/s1. The van der Waals surface area contributed by atoms with E-state index in [-0.39, 0.29) is 17.1 Å². The Morgan fingerprint density at radius 2 is 1.86 bits per heavy atom. The molecule has 2 heterocycles. The van der Waals surface area contributed by atoms with Gasteiger partial charge in [0.1, 0.15) is 0 Å². The van der Waals surface area contributed by atoms with Gasteiger partial charge in [-0.1, -0.05) is 30.3 Å². The largest absolute Gasteiger partial charge is 0.342 e. The van der Waals surface area contributed by atoms with E-state index in [1.54, 1.807) is 7.05 Å². The maximum absolute atomic E-state index is 12.4. The molecule has 120 valence electrons. The Labute approximate surface area is 132 Å². The lowest BCUT2D eigenvalue weighted by atomic mass is 10.0. The quantitative estimate of drug-likeness (QED) is 0.820. The fraction of sp³-hybridized carbons (Fsp3) is 0.562. The molecule has 22 heavy (non-hydrogen) atoms. The van der Waals surface area contributed by atoms with Crippen molar-refractivity contribution >= 4 is 15.9 Å². The summed E-state index contributed by atoms with van der Waals surface area (Å²) in [5.41, 5.74) is 1.00. The Balaban J connectivity index is 1.66. The van der Waals surface area contributed by atoms with Gasteiger partial charge in [0, 0.05) is 26.7 Å². The van der Waals surface area contributed by atoms with E-state index < -0.39 is 10.0 Å². The van der Waals surface area contributed by atoms with Crippen LogP contribution < -0.4 is 0 Å². The molecule has 2 aliphatic rings. The minimum absolute atomic E-state index is 0.0944. The summed E-state index contributed by atoms with van der Waals surface area (Å²) in [5, 5.41) is -0.313. The van der Waals surface area contributed by atoms with Crippen molar-refractivity contribution in [3.8, 4) is 0 Å². The van der Waals surface area contributed by atoms with Crippen LogP contribution in [0.3, 0.4) is 0 Å². The highest BCUT2D eigenvalue weighted by molar-refractivity contribution is 7.90. The average Bonchev–Trinajstić information content (AvgIpc) is 2.66. The Bertz CT molecular complexity index is 645. The van der Waals surface area contributed by atoms with Crippen LogP contribution in [0.25, 0.3) is 0 Å². The van der Waals surface area contributed by atoms with Crippen LogP contribution >= 0.6 is 0 Å². The number of benzene rings is 1. The molecule has 0 N–H and O–H groups in total. The molecule has 1 amide bonds. The number of rotatable bonds is 2. The van der Waals surface area contributed by atoms with Crippen LogP contribution in [0.4, 0.5) is 0 Å². The first-order chi connectivity index (χ1) is 10.5. The molecule has 2 saturated heterocycles. The van der Waals surface area contributed by atoms with Crippen LogP contribution in [0.1, 0.15) is 18.4 Å². The van der Waals surface area contributed by atoms with Crippen molar-refractivity contribution in [3.63, 3.8) is 0 Å². The molecule has 5 nitrogen and oxygen atoms in total. The van der Waals surface area contributed by atoms with E-state index in [0.29, 0.717) is 32.5 Å². The van der Waals surface area contributed by atoms with Crippen molar-refractivity contribution in [1.82, 2.24) is 9.21 Å². The van der Waals surface area contributed by atoms with Crippen molar-refractivity contribution in [1.29, 1.82) is 0 Å². The first kappa shape index (κ1) is 15.5. The van der Waals surface area contributed by atoms with E-state index in [1.807, 2.05) is 35.2 Å². The summed E-state index contributed by atoms with van der Waals surface area (Å²) in [6, 6.07) is 9.69. The third kappa shape index (κ3) is 2.90. The van der Waals surface area contributed by atoms with Crippen LogP contribution in [0.5, 0.6) is 0 Å².